The number of anilines is 1. The fraction of sp³-hybridized carbons (Fsp3) is 0.692. The van der Waals surface area contributed by atoms with Gasteiger partial charge in [0.1, 0.15) is 12.1 Å². The Labute approximate surface area is 107 Å². The van der Waals surface area contributed by atoms with Crippen molar-refractivity contribution in [3.8, 4) is 5.88 Å². The van der Waals surface area contributed by atoms with Crippen LogP contribution in [0.2, 0.25) is 0 Å². The van der Waals surface area contributed by atoms with Gasteiger partial charge in [-0.15, -0.1) is 0 Å². The Kier molecular flexibility index (Phi) is 3.07. The molecular formula is C13H19N3O2. The van der Waals surface area contributed by atoms with Crippen molar-refractivity contribution < 1.29 is 9.47 Å². The number of nitrogens with zero attached hydrogens (tertiary/aromatic N) is 3. The Morgan fingerprint density at radius 1 is 1.44 bits per heavy atom. The maximum atomic E-state index is 5.96. The highest BCUT2D eigenvalue weighted by molar-refractivity contribution is 5.41. The molecule has 3 heterocycles. The van der Waals surface area contributed by atoms with E-state index in [4.69, 9.17) is 9.47 Å². The minimum Gasteiger partial charge on any atom is -0.481 e. The molecule has 98 valence electrons. The first-order chi connectivity index (χ1) is 8.76. The van der Waals surface area contributed by atoms with E-state index in [1.54, 1.807) is 13.4 Å². The molecule has 0 saturated carbocycles. The fourth-order valence-corrected chi connectivity index (χ4v) is 2.99. The molecule has 0 aromatic carbocycles. The van der Waals surface area contributed by atoms with Gasteiger partial charge in [-0.3, -0.25) is 0 Å². The first-order valence-corrected chi connectivity index (χ1v) is 6.52. The van der Waals surface area contributed by atoms with Gasteiger partial charge in [-0.2, -0.15) is 0 Å². The van der Waals surface area contributed by atoms with E-state index in [-0.39, 0.29) is 0 Å². The molecule has 0 amide bonds. The van der Waals surface area contributed by atoms with E-state index in [9.17, 15) is 0 Å². The number of aromatic nitrogens is 2. The molecular weight excluding hydrogens is 230 g/mol. The number of methoxy groups -OCH3 is 1. The molecule has 0 spiro atoms. The van der Waals surface area contributed by atoms with Crippen molar-refractivity contribution in [2.75, 3.05) is 25.1 Å². The lowest BCUT2D eigenvalue weighted by molar-refractivity contribution is 0.0413. The molecule has 0 bridgehead atoms. The monoisotopic (exact) mass is 249 g/mol. The number of rotatable bonds is 2. The Balaban J connectivity index is 1.73. The van der Waals surface area contributed by atoms with Crippen molar-refractivity contribution in [1.29, 1.82) is 0 Å². The zero-order valence-electron chi connectivity index (χ0n) is 10.9. The SMILES string of the molecule is COc1cc(N2CC[C@H]3C[C@@H](C)O[C@@H]3C2)ncn1. The van der Waals surface area contributed by atoms with Crippen LogP contribution in [0, 0.1) is 5.92 Å². The summed E-state index contributed by atoms with van der Waals surface area (Å²) in [5.41, 5.74) is 0. The summed E-state index contributed by atoms with van der Waals surface area (Å²) >= 11 is 0. The summed E-state index contributed by atoms with van der Waals surface area (Å²) < 4.78 is 11.1. The van der Waals surface area contributed by atoms with Crippen molar-refractivity contribution in [1.82, 2.24) is 9.97 Å². The highest BCUT2D eigenvalue weighted by Crippen LogP contribution is 2.34. The van der Waals surface area contributed by atoms with Crippen molar-refractivity contribution >= 4 is 5.82 Å². The van der Waals surface area contributed by atoms with E-state index >= 15 is 0 Å². The number of hydrogen-bond acceptors (Lipinski definition) is 5. The molecule has 2 aliphatic heterocycles. The van der Waals surface area contributed by atoms with Crippen molar-refractivity contribution in [2.24, 2.45) is 5.92 Å². The van der Waals surface area contributed by atoms with Gasteiger partial charge >= 0.3 is 0 Å². The third-order valence-electron chi connectivity index (χ3n) is 3.90. The minimum atomic E-state index is 0.356. The molecule has 0 unspecified atom stereocenters. The molecule has 2 fully saturated rings. The normalized spacial score (nSPS) is 31.2. The molecule has 5 nitrogen and oxygen atoms in total. The van der Waals surface area contributed by atoms with Gasteiger partial charge in [0.2, 0.25) is 5.88 Å². The van der Waals surface area contributed by atoms with E-state index in [0.29, 0.717) is 18.1 Å². The summed E-state index contributed by atoms with van der Waals surface area (Å²) in [6, 6.07) is 1.89. The summed E-state index contributed by atoms with van der Waals surface area (Å²) in [6.07, 6.45) is 4.69. The van der Waals surface area contributed by atoms with E-state index in [2.05, 4.69) is 21.8 Å². The van der Waals surface area contributed by atoms with Gasteiger partial charge in [0.25, 0.3) is 0 Å². The van der Waals surface area contributed by atoms with Crippen molar-refractivity contribution in [2.45, 2.75) is 32.0 Å². The first kappa shape index (κ1) is 11.7. The molecule has 2 saturated heterocycles. The van der Waals surface area contributed by atoms with Gasteiger partial charge in [0.15, 0.2) is 0 Å². The van der Waals surface area contributed by atoms with E-state index in [1.807, 2.05) is 6.07 Å². The van der Waals surface area contributed by atoms with E-state index in [1.165, 1.54) is 12.8 Å². The summed E-state index contributed by atoms with van der Waals surface area (Å²) in [6.45, 7) is 4.13. The largest absolute Gasteiger partial charge is 0.481 e. The highest BCUT2D eigenvalue weighted by Gasteiger charge is 2.37. The second-order valence-electron chi connectivity index (χ2n) is 5.13. The Morgan fingerprint density at radius 2 is 2.33 bits per heavy atom. The van der Waals surface area contributed by atoms with Gasteiger partial charge in [-0.05, 0) is 25.7 Å². The number of ether oxygens (including phenoxy) is 2. The highest BCUT2D eigenvalue weighted by atomic mass is 16.5. The Bertz CT molecular complexity index is 426. The molecule has 0 aliphatic carbocycles. The fourth-order valence-electron chi connectivity index (χ4n) is 2.99. The lowest BCUT2D eigenvalue weighted by atomic mass is 9.92. The second kappa shape index (κ2) is 4.72. The van der Waals surface area contributed by atoms with Crippen LogP contribution in [-0.4, -0.2) is 42.4 Å². The predicted octanol–water partition coefficient (Wildman–Crippen LogP) is 1.49. The smallest absolute Gasteiger partial charge is 0.218 e. The van der Waals surface area contributed by atoms with E-state index < -0.39 is 0 Å². The molecule has 1 aromatic heterocycles. The second-order valence-corrected chi connectivity index (χ2v) is 5.13. The summed E-state index contributed by atoms with van der Waals surface area (Å²) in [7, 11) is 1.63. The zero-order valence-corrected chi connectivity index (χ0v) is 10.9. The lowest BCUT2D eigenvalue weighted by Gasteiger charge is -2.34. The molecule has 1 aromatic rings. The number of hydrogen-bond donors (Lipinski definition) is 0. The van der Waals surface area contributed by atoms with Crippen molar-refractivity contribution in [3.05, 3.63) is 12.4 Å². The first-order valence-electron chi connectivity index (χ1n) is 6.52. The van der Waals surface area contributed by atoms with Crippen LogP contribution in [0.15, 0.2) is 12.4 Å². The van der Waals surface area contributed by atoms with Crippen LogP contribution in [-0.2, 0) is 4.74 Å². The summed E-state index contributed by atoms with van der Waals surface area (Å²) in [5, 5.41) is 0. The lowest BCUT2D eigenvalue weighted by Crippen LogP contribution is -2.42. The van der Waals surface area contributed by atoms with Crippen LogP contribution in [0.4, 0.5) is 5.82 Å². The van der Waals surface area contributed by atoms with Gasteiger partial charge in [0.05, 0.1) is 19.3 Å². The number of fused-ring (bicyclic) bond motifs is 1. The quantitative estimate of drug-likeness (QED) is 0.794. The minimum absolute atomic E-state index is 0.356. The third kappa shape index (κ3) is 2.14. The zero-order chi connectivity index (χ0) is 12.5. The van der Waals surface area contributed by atoms with Crippen LogP contribution < -0.4 is 9.64 Å². The maximum absolute atomic E-state index is 5.96. The molecule has 18 heavy (non-hydrogen) atoms. The summed E-state index contributed by atoms with van der Waals surface area (Å²) in [4.78, 5) is 10.6. The van der Waals surface area contributed by atoms with Gasteiger partial charge in [-0.1, -0.05) is 0 Å². The maximum Gasteiger partial charge on any atom is 0.218 e. The summed E-state index contributed by atoms with van der Waals surface area (Å²) in [5.74, 6) is 2.27. The van der Waals surface area contributed by atoms with Crippen LogP contribution in [0.1, 0.15) is 19.8 Å². The topological polar surface area (TPSA) is 47.5 Å². The standard InChI is InChI=1S/C13H19N3O2/c1-9-5-10-3-4-16(7-11(10)18-9)12-6-13(17-2)15-8-14-12/h6,8-11H,3-5,7H2,1-2H3/t9-,10+,11-/m1/s1. The van der Waals surface area contributed by atoms with Gasteiger partial charge < -0.3 is 14.4 Å². The third-order valence-corrected chi connectivity index (χ3v) is 3.90. The van der Waals surface area contributed by atoms with Gasteiger partial charge in [0, 0.05) is 19.2 Å². The Morgan fingerprint density at radius 3 is 3.17 bits per heavy atom. The molecule has 5 heteroatoms. The molecule has 2 aliphatic rings. The van der Waals surface area contributed by atoms with Crippen LogP contribution in [0.3, 0.4) is 0 Å². The molecule has 3 atom stereocenters. The Hall–Kier alpha value is -1.36. The predicted molar refractivity (Wildman–Crippen MR) is 67.9 cm³/mol. The number of piperidine rings is 1. The molecule has 3 rings (SSSR count). The van der Waals surface area contributed by atoms with Crippen molar-refractivity contribution in [3.63, 3.8) is 0 Å². The van der Waals surface area contributed by atoms with Crippen LogP contribution in [0.5, 0.6) is 5.88 Å². The molecule has 0 N–H and O–H groups in total. The molecule has 0 radical (unpaired) electrons. The average Bonchev–Trinajstić information content (AvgIpc) is 2.77. The van der Waals surface area contributed by atoms with Crippen LogP contribution in [0.25, 0.3) is 0 Å². The van der Waals surface area contributed by atoms with Crippen LogP contribution >= 0.6 is 0 Å². The van der Waals surface area contributed by atoms with Gasteiger partial charge in [-0.25, -0.2) is 9.97 Å². The van der Waals surface area contributed by atoms with E-state index in [0.717, 1.165) is 24.8 Å². The average molecular weight is 249 g/mol.